The first-order valence-corrected chi connectivity index (χ1v) is 5.03. The molecule has 0 aliphatic carbocycles. The molecule has 0 saturated carbocycles. The standard InChI is InChI=1S/C10H22N2O2/c1-8(11)6-5-7-12-9(13)14-10(2,3)4/h8H,5-7,11H2,1-4H3,(H,12,13). The van der Waals surface area contributed by atoms with Gasteiger partial charge < -0.3 is 15.8 Å². The molecular weight excluding hydrogens is 180 g/mol. The average molecular weight is 202 g/mol. The van der Waals surface area contributed by atoms with E-state index in [9.17, 15) is 4.79 Å². The topological polar surface area (TPSA) is 64.3 Å². The summed E-state index contributed by atoms with van der Waals surface area (Å²) in [6.45, 7) is 8.10. The third kappa shape index (κ3) is 9.32. The molecule has 0 bridgehead atoms. The van der Waals surface area contributed by atoms with E-state index in [-0.39, 0.29) is 12.1 Å². The Balaban J connectivity index is 3.46. The molecule has 4 heteroatoms. The maximum absolute atomic E-state index is 11.1. The van der Waals surface area contributed by atoms with E-state index in [1.54, 1.807) is 0 Å². The number of nitrogens with two attached hydrogens (primary N) is 1. The number of amides is 1. The minimum atomic E-state index is -0.425. The molecule has 0 saturated heterocycles. The van der Waals surface area contributed by atoms with Crippen LogP contribution in [0.3, 0.4) is 0 Å². The predicted octanol–water partition coefficient (Wildman–Crippen LogP) is 1.64. The molecule has 1 atom stereocenters. The summed E-state index contributed by atoms with van der Waals surface area (Å²) in [7, 11) is 0. The molecular formula is C10H22N2O2. The van der Waals surface area contributed by atoms with Gasteiger partial charge in [-0.15, -0.1) is 0 Å². The van der Waals surface area contributed by atoms with Gasteiger partial charge in [-0.3, -0.25) is 0 Å². The summed E-state index contributed by atoms with van der Waals surface area (Å²) < 4.78 is 5.06. The van der Waals surface area contributed by atoms with E-state index < -0.39 is 5.60 Å². The monoisotopic (exact) mass is 202 g/mol. The second kappa shape index (κ2) is 5.86. The molecule has 0 aromatic heterocycles. The average Bonchev–Trinajstić information content (AvgIpc) is 1.94. The molecule has 0 aliphatic heterocycles. The fourth-order valence-corrected chi connectivity index (χ4v) is 0.929. The SMILES string of the molecule is CC(N)CCCNC(=O)OC(C)(C)C. The number of rotatable bonds is 4. The van der Waals surface area contributed by atoms with Crippen molar-refractivity contribution in [1.29, 1.82) is 0 Å². The van der Waals surface area contributed by atoms with Gasteiger partial charge in [-0.2, -0.15) is 0 Å². The predicted molar refractivity (Wildman–Crippen MR) is 57.1 cm³/mol. The van der Waals surface area contributed by atoms with E-state index >= 15 is 0 Å². The van der Waals surface area contributed by atoms with Crippen LogP contribution in [0.1, 0.15) is 40.5 Å². The van der Waals surface area contributed by atoms with E-state index in [1.165, 1.54) is 0 Å². The van der Waals surface area contributed by atoms with Crippen LogP contribution in [0.25, 0.3) is 0 Å². The summed E-state index contributed by atoms with van der Waals surface area (Å²) in [5.41, 5.74) is 5.14. The van der Waals surface area contributed by atoms with Crippen molar-refractivity contribution in [1.82, 2.24) is 5.32 Å². The summed E-state index contributed by atoms with van der Waals surface area (Å²) in [5, 5.41) is 2.68. The van der Waals surface area contributed by atoms with Crippen LogP contribution in [0.15, 0.2) is 0 Å². The summed E-state index contributed by atoms with van der Waals surface area (Å²) in [5.74, 6) is 0. The first kappa shape index (κ1) is 13.2. The maximum Gasteiger partial charge on any atom is 0.407 e. The molecule has 0 aliphatic rings. The van der Waals surface area contributed by atoms with Gasteiger partial charge in [0.2, 0.25) is 0 Å². The summed E-state index contributed by atoms with van der Waals surface area (Å²) in [4.78, 5) is 11.1. The smallest absolute Gasteiger partial charge is 0.407 e. The first-order valence-electron chi connectivity index (χ1n) is 5.03. The molecule has 1 amide bonds. The normalized spacial score (nSPS) is 13.5. The Morgan fingerprint density at radius 3 is 2.50 bits per heavy atom. The largest absolute Gasteiger partial charge is 0.444 e. The Kier molecular flexibility index (Phi) is 5.53. The second-order valence-corrected chi connectivity index (χ2v) is 4.55. The van der Waals surface area contributed by atoms with E-state index in [1.807, 2.05) is 27.7 Å². The van der Waals surface area contributed by atoms with Crippen LogP contribution >= 0.6 is 0 Å². The van der Waals surface area contributed by atoms with Crippen LogP contribution < -0.4 is 11.1 Å². The minimum absolute atomic E-state index is 0.190. The quantitative estimate of drug-likeness (QED) is 0.681. The van der Waals surface area contributed by atoms with Crippen molar-refractivity contribution in [3.63, 3.8) is 0 Å². The van der Waals surface area contributed by atoms with Crippen LogP contribution in [0.2, 0.25) is 0 Å². The van der Waals surface area contributed by atoms with Gasteiger partial charge in [0.1, 0.15) is 5.60 Å². The summed E-state index contributed by atoms with van der Waals surface area (Å²) in [6.07, 6.45) is 1.44. The van der Waals surface area contributed by atoms with E-state index in [4.69, 9.17) is 10.5 Å². The fourth-order valence-electron chi connectivity index (χ4n) is 0.929. The number of alkyl carbamates (subject to hydrolysis) is 1. The molecule has 0 heterocycles. The molecule has 3 N–H and O–H groups in total. The van der Waals surface area contributed by atoms with Gasteiger partial charge in [0.15, 0.2) is 0 Å². The van der Waals surface area contributed by atoms with Gasteiger partial charge in [-0.25, -0.2) is 4.79 Å². The zero-order chi connectivity index (χ0) is 11.2. The minimum Gasteiger partial charge on any atom is -0.444 e. The molecule has 14 heavy (non-hydrogen) atoms. The van der Waals surface area contributed by atoms with Crippen molar-refractivity contribution in [2.75, 3.05) is 6.54 Å². The zero-order valence-corrected chi connectivity index (χ0v) is 9.59. The van der Waals surface area contributed by atoms with Crippen molar-refractivity contribution in [3.05, 3.63) is 0 Å². The lowest BCUT2D eigenvalue weighted by Gasteiger charge is -2.19. The Hall–Kier alpha value is -0.770. The van der Waals surface area contributed by atoms with Crippen LogP contribution in [-0.4, -0.2) is 24.3 Å². The Morgan fingerprint density at radius 1 is 1.50 bits per heavy atom. The lowest BCUT2D eigenvalue weighted by atomic mass is 10.2. The van der Waals surface area contributed by atoms with Gasteiger partial charge in [0.25, 0.3) is 0 Å². The van der Waals surface area contributed by atoms with Crippen LogP contribution in [-0.2, 0) is 4.74 Å². The highest BCUT2D eigenvalue weighted by atomic mass is 16.6. The lowest BCUT2D eigenvalue weighted by Crippen LogP contribution is -2.33. The second-order valence-electron chi connectivity index (χ2n) is 4.55. The number of carbonyl (C=O) groups excluding carboxylic acids is 1. The summed E-state index contributed by atoms with van der Waals surface area (Å²) in [6, 6.07) is 0.190. The van der Waals surface area contributed by atoms with Gasteiger partial charge in [-0.1, -0.05) is 0 Å². The van der Waals surface area contributed by atoms with Crippen molar-refractivity contribution < 1.29 is 9.53 Å². The number of nitrogens with one attached hydrogen (secondary N) is 1. The zero-order valence-electron chi connectivity index (χ0n) is 9.59. The van der Waals surface area contributed by atoms with Gasteiger partial charge in [-0.05, 0) is 40.5 Å². The van der Waals surface area contributed by atoms with Crippen LogP contribution in [0.5, 0.6) is 0 Å². The highest BCUT2D eigenvalue weighted by Gasteiger charge is 2.15. The van der Waals surface area contributed by atoms with Crippen LogP contribution in [0.4, 0.5) is 4.79 Å². The van der Waals surface area contributed by atoms with E-state index in [0.717, 1.165) is 12.8 Å². The van der Waals surface area contributed by atoms with Crippen molar-refractivity contribution in [2.24, 2.45) is 5.73 Å². The van der Waals surface area contributed by atoms with Crippen molar-refractivity contribution in [3.8, 4) is 0 Å². The molecule has 0 fully saturated rings. The van der Waals surface area contributed by atoms with E-state index in [0.29, 0.717) is 6.54 Å². The highest BCUT2D eigenvalue weighted by Crippen LogP contribution is 2.06. The number of hydrogen-bond acceptors (Lipinski definition) is 3. The molecule has 0 radical (unpaired) electrons. The molecule has 0 spiro atoms. The number of carbonyl (C=O) groups is 1. The molecule has 0 aromatic carbocycles. The third-order valence-corrected chi connectivity index (χ3v) is 1.50. The van der Waals surface area contributed by atoms with Gasteiger partial charge >= 0.3 is 6.09 Å². The lowest BCUT2D eigenvalue weighted by molar-refractivity contribution is 0.0527. The van der Waals surface area contributed by atoms with Gasteiger partial charge in [0.05, 0.1) is 0 Å². The van der Waals surface area contributed by atoms with Crippen LogP contribution in [0, 0.1) is 0 Å². The molecule has 1 unspecified atom stereocenters. The molecule has 0 rings (SSSR count). The first-order chi connectivity index (χ1) is 6.31. The Morgan fingerprint density at radius 2 is 2.07 bits per heavy atom. The number of hydrogen-bond donors (Lipinski definition) is 2. The van der Waals surface area contributed by atoms with Crippen molar-refractivity contribution >= 4 is 6.09 Å². The number of ether oxygens (including phenoxy) is 1. The third-order valence-electron chi connectivity index (χ3n) is 1.50. The molecule has 4 nitrogen and oxygen atoms in total. The van der Waals surface area contributed by atoms with Gasteiger partial charge in [0, 0.05) is 12.6 Å². The Bertz CT molecular complexity index is 173. The fraction of sp³-hybridized carbons (Fsp3) is 0.900. The molecule has 84 valence electrons. The van der Waals surface area contributed by atoms with Crippen molar-refractivity contribution in [2.45, 2.75) is 52.2 Å². The maximum atomic E-state index is 11.1. The molecule has 0 aromatic rings. The highest BCUT2D eigenvalue weighted by molar-refractivity contribution is 5.67. The Labute approximate surface area is 86.2 Å². The van der Waals surface area contributed by atoms with E-state index in [2.05, 4.69) is 5.32 Å². The summed E-state index contributed by atoms with van der Waals surface area (Å²) >= 11 is 0.